The van der Waals surface area contributed by atoms with Gasteiger partial charge >= 0.3 is 6.09 Å². The average molecular weight is 282 g/mol. The maximum Gasteiger partial charge on any atom is 0.408 e. The van der Waals surface area contributed by atoms with Crippen LogP contribution in [0.3, 0.4) is 0 Å². The van der Waals surface area contributed by atoms with Gasteiger partial charge in [-0.1, -0.05) is 20.8 Å². The summed E-state index contributed by atoms with van der Waals surface area (Å²) in [7, 11) is 0. The van der Waals surface area contributed by atoms with E-state index < -0.39 is 17.7 Å². The van der Waals surface area contributed by atoms with Gasteiger partial charge in [0, 0.05) is 0 Å². The monoisotopic (exact) mass is 282 g/mol. The van der Waals surface area contributed by atoms with Crippen molar-refractivity contribution in [2.45, 2.75) is 53.2 Å². The summed E-state index contributed by atoms with van der Waals surface area (Å²) >= 11 is 0. The van der Waals surface area contributed by atoms with Crippen molar-refractivity contribution in [2.75, 3.05) is 0 Å². The number of rotatable bonds is 3. The Labute approximate surface area is 118 Å². The number of aldehydes is 1. The van der Waals surface area contributed by atoms with E-state index in [1.165, 1.54) is 6.20 Å². The number of carbonyl (C=O) groups is 2. The zero-order valence-electron chi connectivity index (χ0n) is 12.8. The fraction of sp³-hybridized carbons (Fsp3) is 0.643. The van der Waals surface area contributed by atoms with Crippen LogP contribution in [0.2, 0.25) is 0 Å². The SMILES string of the molecule is CC(C)(C)OC(=O)N[C@H](c1ncc(C=O)o1)C(C)(C)C. The lowest BCUT2D eigenvalue weighted by Gasteiger charge is -2.30. The van der Waals surface area contributed by atoms with Crippen LogP contribution >= 0.6 is 0 Å². The molecule has 0 saturated carbocycles. The number of aromatic nitrogens is 1. The second-order valence-corrected chi connectivity index (χ2v) is 6.66. The molecule has 0 aliphatic rings. The standard InChI is InChI=1S/C14H22N2O4/c1-13(2,3)10(11-15-7-9(8-17)19-11)16-12(18)20-14(4,5)6/h7-8,10H,1-6H3,(H,16,18)/t10-/m1/s1. The van der Waals surface area contributed by atoms with Crippen molar-refractivity contribution < 1.29 is 18.7 Å². The lowest BCUT2D eigenvalue weighted by Crippen LogP contribution is -2.40. The first-order valence-electron chi connectivity index (χ1n) is 6.43. The van der Waals surface area contributed by atoms with Crippen molar-refractivity contribution in [1.29, 1.82) is 0 Å². The Bertz CT molecular complexity index is 480. The molecule has 6 heteroatoms. The lowest BCUT2D eigenvalue weighted by atomic mass is 9.87. The van der Waals surface area contributed by atoms with Gasteiger partial charge in [0.25, 0.3) is 0 Å². The number of amides is 1. The van der Waals surface area contributed by atoms with Gasteiger partial charge in [-0.15, -0.1) is 0 Å². The molecule has 0 saturated heterocycles. The summed E-state index contributed by atoms with van der Waals surface area (Å²) in [5.41, 5.74) is -0.932. The highest BCUT2D eigenvalue weighted by atomic mass is 16.6. The third-order valence-electron chi connectivity index (χ3n) is 2.43. The van der Waals surface area contributed by atoms with Crippen molar-refractivity contribution in [1.82, 2.24) is 10.3 Å². The summed E-state index contributed by atoms with van der Waals surface area (Å²) in [6, 6.07) is -0.494. The fourth-order valence-electron chi connectivity index (χ4n) is 1.56. The van der Waals surface area contributed by atoms with Crippen LogP contribution in [0.15, 0.2) is 10.6 Å². The molecule has 20 heavy (non-hydrogen) atoms. The van der Waals surface area contributed by atoms with E-state index in [0.29, 0.717) is 6.29 Å². The highest BCUT2D eigenvalue weighted by Gasteiger charge is 2.33. The Balaban J connectivity index is 2.91. The van der Waals surface area contributed by atoms with Crippen molar-refractivity contribution in [3.05, 3.63) is 17.8 Å². The van der Waals surface area contributed by atoms with Crippen LogP contribution in [-0.4, -0.2) is 23.0 Å². The summed E-state index contributed by atoms with van der Waals surface area (Å²) in [5.74, 6) is 0.408. The van der Waals surface area contributed by atoms with Crippen LogP contribution in [0.25, 0.3) is 0 Å². The molecule has 0 aromatic carbocycles. The van der Waals surface area contributed by atoms with Crippen LogP contribution < -0.4 is 5.32 Å². The van der Waals surface area contributed by atoms with E-state index >= 15 is 0 Å². The summed E-state index contributed by atoms with van der Waals surface area (Å²) in [6.45, 7) is 11.1. The maximum absolute atomic E-state index is 11.9. The number of carbonyl (C=O) groups excluding carboxylic acids is 2. The van der Waals surface area contributed by atoms with Crippen LogP contribution in [0.1, 0.15) is 64.0 Å². The third-order valence-corrected chi connectivity index (χ3v) is 2.43. The molecule has 0 aliphatic heterocycles. The average Bonchev–Trinajstić information content (AvgIpc) is 2.69. The maximum atomic E-state index is 11.9. The third kappa shape index (κ3) is 4.68. The number of alkyl carbamates (subject to hydrolysis) is 1. The highest BCUT2D eigenvalue weighted by molar-refractivity contribution is 5.70. The molecule has 1 amide bonds. The van der Waals surface area contributed by atoms with Gasteiger partial charge in [0.1, 0.15) is 11.6 Å². The number of ether oxygens (including phenoxy) is 1. The van der Waals surface area contributed by atoms with Gasteiger partial charge in [0.15, 0.2) is 12.0 Å². The highest BCUT2D eigenvalue weighted by Crippen LogP contribution is 2.32. The quantitative estimate of drug-likeness (QED) is 0.861. The van der Waals surface area contributed by atoms with Crippen LogP contribution in [0, 0.1) is 5.41 Å². The summed E-state index contributed by atoms with van der Waals surface area (Å²) in [4.78, 5) is 26.6. The van der Waals surface area contributed by atoms with Crippen molar-refractivity contribution in [3.63, 3.8) is 0 Å². The molecular weight excluding hydrogens is 260 g/mol. The second kappa shape index (κ2) is 5.64. The molecule has 0 aliphatic carbocycles. The molecule has 1 aromatic rings. The van der Waals surface area contributed by atoms with E-state index in [0.717, 1.165) is 0 Å². The largest absolute Gasteiger partial charge is 0.444 e. The van der Waals surface area contributed by atoms with E-state index in [1.807, 2.05) is 20.8 Å². The second-order valence-electron chi connectivity index (χ2n) is 6.66. The van der Waals surface area contributed by atoms with Gasteiger partial charge in [0.05, 0.1) is 6.20 Å². The number of nitrogens with zero attached hydrogens (tertiary/aromatic N) is 1. The number of hydrogen-bond acceptors (Lipinski definition) is 5. The van der Waals surface area contributed by atoms with Crippen LogP contribution in [-0.2, 0) is 4.74 Å². The molecule has 0 spiro atoms. The van der Waals surface area contributed by atoms with Crippen molar-refractivity contribution in [2.24, 2.45) is 5.41 Å². The molecule has 0 bridgehead atoms. The predicted molar refractivity (Wildman–Crippen MR) is 73.5 cm³/mol. The summed E-state index contributed by atoms with van der Waals surface area (Å²) < 4.78 is 10.5. The van der Waals surface area contributed by atoms with E-state index in [9.17, 15) is 9.59 Å². The molecule has 6 nitrogen and oxygen atoms in total. The first-order chi connectivity index (χ1) is 9.03. The molecular formula is C14H22N2O4. The van der Waals surface area contributed by atoms with Gasteiger partial charge in [-0.3, -0.25) is 4.79 Å². The Morgan fingerprint density at radius 3 is 2.35 bits per heavy atom. The molecule has 1 atom stereocenters. The Hall–Kier alpha value is -1.85. The topological polar surface area (TPSA) is 81.4 Å². The minimum absolute atomic E-state index is 0.125. The first kappa shape index (κ1) is 16.2. The van der Waals surface area contributed by atoms with Gasteiger partial charge in [0.2, 0.25) is 5.89 Å². The van der Waals surface area contributed by atoms with Crippen molar-refractivity contribution in [3.8, 4) is 0 Å². The molecule has 1 heterocycles. The minimum Gasteiger partial charge on any atom is -0.444 e. The lowest BCUT2D eigenvalue weighted by molar-refractivity contribution is 0.0446. The molecule has 0 radical (unpaired) electrons. The number of nitrogens with one attached hydrogen (secondary N) is 1. The Morgan fingerprint density at radius 2 is 1.95 bits per heavy atom. The number of hydrogen-bond donors (Lipinski definition) is 1. The summed E-state index contributed by atoms with van der Waals surface area (Å²) in [5, 5.41) is 2.73. The minimum atomic E-state index is -0.586. The molecule has 112 valence electrons. The molecule has 1 rings (SSSR count). The van der Waals surface area contributed by atoms with E-state index in [-0.39, 0.29) is 17.1 Å². The Morgan fingerprint density at radius 1 is 1.35 bits per heavy atom. The van der Waals surface area contributed by atoms with E-state index in [1.54, 1.807) is 20.8 Å². The zero-order chi connectivity index (χ0) is 15.6. The van der Waals surface area contributed by atoms with E-state index in [2.05, 4.69) is 10.3 Å². The van der Waals surface area contributed by atoms with Gasteiger partial charge in [-0.05, 0) is 26.2 Å². The van der Waals surface area contributed by atoms with Crippen LogP contribution in [0.4, 0.5) is 4.79 Å². The van der Waals surface area contributed by atoms with Gasteiger partial charge in [-0.25, -0.2) is 9.78 Å². The fourth-order valence-corrected chi connectivity index (χ4v) is 1.56. The van der Waals surface area contributed by atoms with Gasteiger partial charge in [-0.2, -0.15) is 0 Å². The van der Waals surface area contributed by atoms with Crippen LogP contribution in [0.5, 0.6) is 0 Å². The number of oxazole rings is 1. The van der Waals surface area contributed by atoms with Gasteiger partial charge < -0.3 is 14.5 Å². The Kier molecular flexibility index (Phi) is 4.57. The predicted octanol–water partition coefficient (Wildman–Crippen LogP) is 3.10. The molecule has 0 unspecified atom stereocenters. The van der Waals surface area contributed by atoms with E-state index in [4.69, 9.17) is 9.15 Å². The molecule has 0 fully saturated rings. The summed E-state index contributed by atoms with van der Waals surface area (Å²) in [6.07, 6.45) is 1.35. The smallest absolute Gasteiger partial charge is 0.408 e. The van der Waals surface area contributed by atoms with Crippen molar-refractivity contribution >= 4 is 12.4 Å². The zero-order valence-corrected chi connectivity index (χ0v) is 12.8. The molecule has 1 N–H and O–H groups in total. The first-order valence-corrected chi connectivity index (χ1v) is 6.43. The molecule has 1 aromatic heterocycles. The normalized spacial score (nSPS) is 13.7.